The summed E-state index contributed by atoms with van der Waals surface area (Å²) in [4.78, 5) is 8.18. The van der Waals surface area contributed by atoms with Gasteiger partial charge < -0.3 is 9.88 Å². The molecule has 0 amide bonds. The van der Waals surface area contributed by atoms with Crippen LogP contribution in [0.15, 0.2) is 24.8 Å². The van der Waals surface area contributed by atoms with E-state index in [9.17, 15) is 8.78 Å². The molecular weight excluding hydrogens is 252 g/mol. The third-order valence-corrected chi connectivity index (χ3v) is 2.74. The topological polar surface area (TPSA) is 47.7 Å². The highest BCUT2D eigenvalue weighted by atomic mass is 19.3. The fraction of sp³-hybridized carbons (Fsp3) is 0.500. The van der Waals surface area contributed by atoms with Crippen molar-refractivity contribution in [3.63, 3.8) is 0 Å². The number of hydrogen-bond donors (Lipinski definition) is 1. The van der Waals surface area contributed by atoms with E-state index < -0.39 is 6.55 Å². The maximum absolute atomic E-state index is 12.7. The highest BCUT2D eigenvalue weighted by molar-refractivity contribution is 4.99. The molecule has 0 aromatic carbocycles. The summed E-state index contributed by atoms with van der Waals surface area (Å²) in [6, 6.07) is 0.341. The first-order valence-electron chi connectivity index (χ1n) is 6.11. The van der Waals surface area contributed by atoms with Crippen LogP contribution >= 0.6 is 0 Å². The van der Waals surface area contributed by atoms with Crippen molar-refractivity contribution < 1.29 is 8.78 Å². The molecule has 0 atom stereocenters. The van der Waals surface area contributed by atoms with E-state index in [1.54, 1.807) is 12.4 Å². The van der Waals surface area contributed by atoms with E-state index in [1.165, 1.54) is 12.4 Å². The van der Waals surface area contributed by atoms with Crippen LogP contribution < -0.4 is 5.32 Å². The summed E-state index contributed by atoms with van der Waals surface area (Å²) in [5.74, 6) is 1.12. The Kier molecular flexibility index (Phi) is 4.26. The second-order valence-electron chi connectivity index (χ2n) is 4.54. The van der Waals surface area contributed by atoms with Gasteiger partial charge in [0.15, 0.2) is 0 Å². The molecule has 7 heteroatoms. The van der Waals surface area contributed by atoms with Crippen molar-refractivity contribution in [2.75, 3.05) is 0 Å². The molecule has 19 heavy (non-hydrogen) atoms. The lowest BCUT2D eigenvalue weighted by Crippen LogP contribution is -2.24. The van der Waals surface area contributed by atoms with Gasteiger partial charge in [0.05, 0.1) is 13.1 Å². The van der Waals surface area contributed by atoms with E-state index in [4.69, 9.17) is 0 Å². The van der Waals surface area contributed by atoms with Gasteiger partial charge in [-0.25, -0.2) is 9.97 Å². The van der Waals surface area contributed by atoms with Gasteiger partial charge in [-0.05, 0) is 0 Å². The summed E-state index contributed by atoms with van der Waals surface area (Å²) in [5, 5.41) is 3.25. The van der Waals surface area contributed by atoms with Gasteiger partial charge in [-0.15, -0.1) is 0 Å². The number of hydrogen-bond acceptors (Lipinski definition) is 3. The van der Waals surface area contributed by atoms with Crippen LogP contribution in [0, 0.1) is 0 Å². The second-order valence-corrected chi connectivity index (χ2v) is 4.54. The predicted molar refractivity (Wildman–Crippen MR) is 66.8 cm³/mol. The third-order valence-electron chi connectivity index (χ3n) is 2.74. The normalized spacial score (nSPS) is 11.7. The van der Waals surface area contributed by atoms with Crippen molar-refractivity contribution in [3.8, 4) is 0 Å². The molecule has 2 rings (SSSR count). The molecule has 0 fully saturated rings. The van der Waals surface area contributed by atoms with E-state index in [0.717, 1.165) is 10.4 Å². The van der Waals surface area contributed by atoms with Crippen LogP contribution in [-0.4, -0.2) is 25.1 Å². The highest BCUT2D eigenvalue weighted by Gasteiger charge is 2.13. The average molecular weight is 269 g/mol. The molecule has 0 radical (unpaired) electrons. The third kappa shape index (κ3) is 3.37. The summed E-state index contributed by atoms with van der Waals surface area (Å²) in [7, 11) is 0. The first kappa shape index (κ1) is 13.7. The number of halogens is 2. The summed E-state index contributed by atoms with van der Waals surface area (Å²) in [5.41, 5.74) is 0. The van der Waals surface area contributed by atoms with Crippen LogP contribution in [0.5, 0.6) is 0 Å². The molecule has 1 N–H and O–H groups in total. The van der Waals surface area contributed by atoms with Gasteiger partial charge in [0, 0.05) is 30.8 Å². The molecule has 5 nitrogen and oxygen atoms in total. The Hall–Kier alpha value is -1.76. The standard InChI is InChI=1S/C12H17F2N5/c1-9(2)17-7-10-15-3-5-18(10)8-11-16-4-6-19(11)12(13)14/h3-6,9,12,17H,7-8H2,1-2H3. The molecule has 0 aliphatic heterocycles. The second kappa shape index (κ2) is 5.92. The Morgan fingerprint density at radius 1 is 1.16 bits per heavy atom. The van der Waals surface area contributed by atoms with Crippen LogP contribution in [0.3, 0.4) is 0 Å². The monoisotopic (exact) mass is 269 g/mol. The number of alkyl halides is 2. The van der Waals surface area contributed by atoms with Gasteiger partial charge >= 0.3 is 6.55 Å². The molecule has 0 saturated carbocycles. The zero-order valence-electron chi connectivity index (χ0n) is 10.9. The quantitative estimate of drug-likeness (QED) is 0.872. The van der Waals surface area contributed by atoms with E-state index >= 15 is 0 Å². The van der Waals surface area contributed by atoms with Gasteiger partial charge in [0.2, 0.25) is 0 Å². The lowest BCUT2D eigenvalue weighted by Gasteiger charge is -2.11. The lowest BCUT2D eigenvalue weighted by molar-refractivity contribution is 0.0666. The van der Waals surface area contributed by atoms with E-state index in [-0.39, 0.29) is 6.54 Å². The fourth-order valence-corrected chi connectivity index (χ4v) is 1.74. The summed E-state index contributed by atoms with van der Waals surface area (Å²) >= 11 is 0. The van der Waals surface area contributed by atoms with Crippen molar-refractivity contribution >= 4 is 0 Å². The predicted octanol–water partition coefficient (Wildman–Crippen LogP) is 2.02. The maximum atomic E-state index is 12.7. The van der Waals surface area contributed by atoms with E-state index in [2.05, 4.69) is 15.3 Å². The van der Waals surface area contributed by atoms with Crippen molar-refractivity contribution in [1.82, 2.24) is 24.4 Å². The SMILES string of the molecule is CC(C)NCc1nccn1Cc1nccn1C(F)F. The molecule has 2 aromatic rings. The minimum atomic E-state index is -2.57. The van der Waals surface area contributed by atoms with Crippen molar-refractivity contribution in [1.29, 1.82) is 0 Å². The van der Waals surface area contributed by atoms with Crippen molar-refractivity contribution in [2.45, 2.75) is 39.5 Å². The fourth-order valence-electron chi connectivity index (χ4n) is 1.74. The molecule has 0 spiro atoms. The average Bonchev–Trinajstić information content (AvgIpc) is 2.96. The Morgan fingerprint density at radius 2 is 1.84 bits per heavy atom. The number of nitrogens with one attached hydrogen (secondary N) is 1. The Balaban J connectivity index is 2.10. The lowest BCUT2D eigenvalue weighted by atomic mass is 10.4. The van der Waals surface area contributed by atoms with Crippen molar-refractivity contribution in [2.24, 2.45) is 0 Å². The van der Waals surface area contributed by atoms with Gasteiger partial charge in [0.1, 0.15) is 11.6 Å². The van der Waals surface area contributed by atoms with Gasteiger partial charge in [-0.2, -0.15) is 8.78 Å². The summed E-state index contributed by atoms with van der Waals surface area (Å²) in [6.07, 6.45) is 6.09. The number of aromatic nitrogens is 4. The first-order chi connectivity index (χ1) is 9.08. The Bertz CT molecular complexity index is 518. The van der Waals surface area contributed by atoms with Gasteiger partial charge in [-0.1, -0.05) is 13.8 Å². The van der Waals surface area contributed by atoms with Crippen LogP contribution in [-0.2, 0) is 13.1 Å². The first-order valence-corrected chi connectivity index (χ1v) is 6.11. The molecular formula is C12H17F2N5. The number of nitrogens with zero attached hydrogens (tertiary/aromatic N) is 4. The van der Waals surface area contributed by atoms with Crippen LogP contribution in [0.2, 0.25) is 0 Å². The molecule has 0 unspecified atom stereocenters. The van der Waals surface area contributed by atoms with E-state index in [1.807, 2.05) is 18.4 Å². The number of imidazole rings is 2. The van der Waals surface area contributed by atoms with Gasteiger partial charge in [-0.3, -0.25) is 4.57 Å². The summed E-state index contributed by atoms with van der Waals surface area (Å²) < 4.78 is 28.1. The number of rotatable bonds is 6. The van der Waals surface area contributed by atoms with Crippen LogP contribution in [0.1, 0.15) is 32.0 Å². The molecule has 2 heterocycles. The molecule has 0 aliphatic rings. The van der Waals surface area contributed by atoms with Crippen LogP contribution in [0.4, 0.5) is 8.78 Å². The molecule has 0 saturated heterocycles. The van der Waals surface area contributed by atoms with Crippen LogP contribution in [0.25, 0.3) is 0 Å². The largest absolute Gasteiger partial charge is 0.326 e. The van der Waals surface area contributed by atoms with E-state index in [0.29, 0.717) is 18.4 Å². The van der Waals surface area contributed by atoms with Crippen molar-refractivity contribution in [3.05, 3.63) is 36.4 Å². The maximum Gasteiger partial charge on any atom is 0.319 e. The summed E-state index contributed by atoms with van der Waals surface area (Å²) in [6.45, 7) is 2.39. The molecule has 104 valence electrons. The molecule has 0 aliphatic carbocycles. The minimum Gasteiger partial charge on any atom is -0.326 e. The Morgan fingerprint density at radius 3 is 2.53 bits per heavy atom. The molecule has 0 bridgehead atoms. The zero-order chi connectivity index (χ0) is 13.8. The Labute approximate surface area is 110 Å². The highest BCUT2D eigenvalue weighted by Crippen LogP contribution is 2.13. The smallest absolute Gasteiger partial charge is 0.319 e. The minimum absolute atomic E-state index is 0.284. The van der Waals surface area contributed by atoms with Gasteiger partial charge in [0.25, 0.3) is 0 Å². The molecule has 2 aromatic heterocycles. The zero-order valence-corrected chi connectivity index (χ0v) is 10.9.